The van der Waals surface area contributed by atoms with Crippen LogP contribution in [-0.2, 0) is 0 Å². The Morgan fingerprint density at radius 1 is 1.50 bits per heavy atom. The van der Waals surface area contributed by atoms with Gasteiger partial charge in [-0.25, -0.2) is 4.39 Å². The van der Waals surface area contributed by atoms with E-state index in [0.717, 1.165) is 13.1 Å². The third-order valence-corrected chi connectivity index (χ3v) is 2.87. The van der Waals surface area contributed by atoms with Crippen LogP contribution in [0.25, 0.3) is 0 Å². The first kappa shape index (κ1) is 16.2. The first-order valence-electron chi connectivity index (χ1n) is 6.53. The van der Waals surface area contributed by atoms with E-state index in [1.54, 1.807) is 6.07 Å². The number of nitrogens with zero attached hydrogens (tertiary/aromatic N) is 1. The maximum Gasteiger partial charge on any atom is 0.254 e. The van der Waals surface area contributed by atoms with Gasteiger partial charge in [-0.15, -0.1) is 0 Å². The monoisotopic (exact) mass is 277 g/mol. The van der Waals surface area contributed by atoms with Crippen molar-refractivity contribution in [3.8, 4) is 11.8 Å². The standard InChI is InChI=1S/C15H20FN3O/c1-3-19(2)10-9-18-15(20)13-7-6-12(5-4-8-17)11-14(13)16/h6-7,11H,3,8-10,17H2,1-2H3,(H,18,20). The van der Waals surface area contributed by atoms with Crippen LogP contribution in [0.5, 0.6) is 0 Å². The summed E-state index contributed by atoms with van der Waals surface area (Å²) in [7, 11) is 1.96. The van der Waals surface area contributed by atoms with Crippen molar-refractivity contribution in [3.63, 3.8) is 0 Å². The normalized spacial score (nSPS) is 10.1. The molecule has 0 aliphatic heterocycles. The molecule has 1 amide bonds. The Labute approximate surface area is 119 Å². The summed E-state index contributed by atoms with van der Waals surface area (Å²) in [5.41, 5.74) is 5.79. The fraction of sp³-hybridized carbons (Fsp3) is 0.400. The minimum Gasteiger partial charge on any atom is -0.351 e. The molecule has 0 saturated carbocycles. The van der Waals surface area contributed by atoms with Crippen molar-refractivity contribution in [2.24, 2.45) is 5.73 Å². The minimum absolute atomic E-state index is 0.0300. The summed E-state index contributed by atoms with van der Waals surface area (Å²) < 4.78 is 13.8. The second-order valence-corrected chi connectivity index (χ2v) is 4.35. The average molecular weight is 277 g/mol. The Bertz CT molecular complexity index is 520. The molecule has 0 bridgehead atoms. The molecule has 20 heavy (non-hydrogen) atoms. The van der Waals surface area contributed by atoms with E-state index in [2.05, 4.69) is 22.1 Å². The highest BCUT2D eigenvalue weighted by molar-refractivity contribution is 5.94. The highest BCUT2D eigenvalue weighted by Gasteiger charge is 2.11. The van der Waals surface area contributed by atoms with E-state index < -0.39 is 11.7 Å². The van der Waals surface area contributed by atoms with Crippen LogP contribution in [0, 0.1) is 17.7 Å². The van der Waals surface area contributed by atoms with E-state index >= 15 is 0 Å². The third kappa shape index (κ3) is 5.00. The van der Waals surface area contributed by atoms with Crippen molar-refractivity contribution in [2.45, 2.75) is 6.92 Å². The number of carbonyl (C=O) groups excluding carboxylic acids is 1. The molecule has 0 fully saturated rings. The molecule has 1 aromatic rings. The largest absolute Gasteiger partial charge is 0.351 e. The Morgan fingerprint density at radius 3 is 2.85 bits per heavy atom. The van der Waals surface area contributed by atoms with Crippen LogP contribution in [0.2, 0.25) is 0 Å². The van der Waals surface area contributed by atoms with Crippen LogP contribution in [0.3, 0.4) is 0 Å². The van der Waals surface area contributed by atoms with Gasteiger partial charge in [-0.3, -0.25) is 4.79 Å². The Kier molecular flexibility index (Phi) is 6.71. The quantitative estimate of drug-likeness (QED) is 0.783. The van der Waals surface area contributed by atoms with Crippen molar-refractivity contribution in [2.75, 3.05) is 33.2 Å². The number of nitrogens with two attached hydrogens (primary N) is 1. The number of hydrogen-bond donors (Lipinski definition) is 2. The molecule has 5 heteroatoms. The van der Waals surface area contributed by atoms with E-state index in [1.165, 1.54) is 12.1 Å². The second-order valence-electron chi connectivity index (χ2n) is 4.35. The molecule has 0 aliphatic rings. The van der Waals surface area contributed by atoms with Crippen molar-refractivity contribution in [1.29, 1.82) is 0 Å². The zero-order chi connectivity index (χ0) is 15.0. The first-order valence-corrected chi connectivity index (χ1v) is 6.53. The van der Waals surface area contributed by atoms with E-state index in [1.807, 2.05) is 14.0 Å². The molecule has 0 atom stereocenters. The molecule has 108 valence electrons. The topological polar surface area (TPSA) is 58.4 Å². The predicted molar refractivity (Wildman–Crippen MR) is 77.8 cm³/mol. The van der Waals surface area contributed by atoms with Gasteiger partial charge in [-0.2, -0.15) is 0 Å². The maximum atomic E-state index is 13.8. The molecular weight excluding hydrogens is 257 g/mol. The minimum atomic E-state index is -0.574. The lowest BCUT2D eigenvalue weighted by Crippen LogP contribution is -2.33. The van der Waals surface area contributed by atoms with Gasteiger partial charge >= 0.3 is 0 Å². The molecule has 0 heterocycles. The molecule has 0 unspecified atom stereocenters. The van der Waals surface area contributed by atoms with Gasteiger partial charge in [-0.05, 0) is 31.8 Å². The van der Waals surface area contributed by atoms with Gasteiger partial charge in [0, 0.05) is 18.7 Å². The zero-order valence-electron chi connectivity index (χ0n) is 11.9. The summed E-state index contributed by atoms with van der Waals surface area (Å²) in [6.07, 6.45) is 0. The van der Waals surface area contributed by atoms with Crippen LogP contribution in [0.1, 0.15) is 22.8 Å². The number of hydrogen-bond acceptors (Lipinski definition) is 3. The number of carbonyl (C=O) groups is 1. The summed E-state index contributed by atoms with van der Waals surface area (Å²) in [4.78, 5) is 13.9. The van der Waals surface area contributed by atoms with E-state index in [0.29, 0.717) is 12.1 Å². The zero-order valence-corrected chi connectivity index (χ0v) is 11.9. The van der Waals surface area contributed by atoms with Gasteiger partial charge in [-0.1, -0.05) is 18.8 Å². The number of rotatable bonds is 5. The van der Waals surface area contributed by atoms with Crippen molar-refractivity contribution in [1.82, 2.24) is 10.2 Å². The van der Waals surface area contributed by atoms with Crippen molar-refractivity contribution < 1.29 is 9.18 Å². The van der Waals surface area contributed by atoms with Crippen LogP contribution in [0.15, 0.2) is 18.2 Å². The lowest BCUT2D eigenvalue weighted by Gasteiger charge is -2.14. The Morgan fingerprint density at radius 2 is 2.25 bits per heavy atom. The molecule has 0 radical (unpaired) electrons. The Hall–Kier alpha value is -1.90. The fourth-order valence-electron chi connectivity index (χ4n) is 1.54. The molecule has 0 aliphatic carbocycles. The van der Waals surface area contributed by atoms with E-state index in [4.69, 9.17) is 5.73 Å². The summed E-state index contributed by atoms with van der Waals surface area (Å²) in [6, 6.07) is 4.29. The fourth-order valence-corrected chi connectivity index (χ4v) is 1.54. The van der Waals surface area contributed by atoms with Crippen LogP contribution in [0.4, 0.5) is 4.39 Å². The van der Waals surface area contributed by atoms with Crippen LogP contribution in [-0.4, -0.2) is 44.0 Å². The summed E-state index contributed by atoms with van der Waals surface area (Å²) in [5.74, 6) is 4.38. The number of nitrogens with one attached hydrogen (secondary N) is 1. The molecule has 0 saturated heterocycles. The predicted octanol–water partition coefficient (Wildman–Crippen LogP) is 0.817. The molecule has 1 aromatic carbocycles. The number of likely N-dealkylation sites (N-methyl/N-ethyl adjacent to an activating group) is 1. The van der Waals surface area contributed by atoms with Gasteiger partial charge in [0.15, 0.2) is 0 Å². The number of halogens is 1. The summed E-state index contributed by atoms with van der Waals surface area (Å²) in [6.45, 7) is 4.36. The molecular formula is C15H20FN3O. The van der Waals surface area contributed by atoms with Crippen LogP contribution < -0.4 is 11.1 Å². The smallest absolute Gasteiger partial charge is 0.254 e. The molecule has 3 N–H and O–H groups in total. The Balaban J connectivity index is 2.64. The SMILES string of the molecule is CCN(C)CCNC(=O)c1ccc(C#CCN)cc1F. The first-order chi connectivity index (χ1) is 9.58. The third-order valence-electron chi connectivity index (χ3n) is 2.87. The second kappa shape index (κ2) is 8.31. The highest BCUT2D eigenvalue weighted by atomic mass is 19.1. The molecule has 1 rings (SSSR count). The summed E-state index contributed by atoms with van der Waals surface area (Å²) in [5, 5.41) is 2.69. The van der Waals surface area contributed by atoms with E-state index in [-0.39, 0.29) is 12.1 Å². The number of amides is 1. The van der Waals surface area contributed by atoms with Gasteiger partial charge in [0.1, 0.15) is 5.82 Å². The molecule has 4 nitrogen and oxygen atoms in total. The lowest BCUT2D eigenvalue weighted by atomic mass is 10.1. The van der Waals surface area contributed by atoms with Crippen molar-refractivity contribution in [3.05, 3.63) is 35.1 Å². The molecule has 0 spiro atoms. The average Bonchev–Trinajstić information content (AvgIpc) is 2.44. The summed E-state index contributed by atoms with van der Waals surface area (Å²) >= 11 is 0. The number of benzene rings is 1. The highest BCUT2D eigenvalue weighted by Crippen LogP contribution is 2.09. The molecule has 0 aromatic heterocycles. The van der Waals surface area contributed by atoms with E-state index in [9.17, 15) is 9.18 Å². The van der Waals surface area contributed by atoms with Crippen molar-refractivity contribution >= 4 is 5.91 Å². The maximum absolute atomic E-state index is 13.8. The van der Waals surface area contributed by atoms with Gasteiger partial charge in [0.25, 0.3) is 5.91 Å². The van der Waals surface area contributed by atoms with Crippen LogP contribution >= 0.6 is 0 Å². The van der Waals surface area contributed by atoms with Gasteiger partial charge in [0.05, 0.1) is 12.1 Å². The van der Waals surface area contributed by atoms with Gasteiger partial charge in [0.2, 0.25) is 0 Å². The lowest BCUT2D eigenvalue weighted by molar-refractivity contribution is 0.0946. The van der Waals surface area contributed by atoms with Gasteiger partial charge < -0.3 is 16.0 Å².